The van der Waals surface area contributed by atoms with Crippen molar-refractivity contribution in [2.75, 3.05) is 13.1 Å². The van der Waals surface area contributed by atoms with Crippen LogP contribution >= 0.6 is 0 Å². The van der Waals surface area contributed by atoms with Crippen LogP contribution in [0.15, 0.2) is 5.16 Å². The number of oxime groups is 1. The van der Waals surface area contributed by atoms with Gasteiger partial charge in [0.05, 0.1) is 0 Å². The van der Waals surface area contributed by atoms with Gasteiger partial charge < -0.3 is 15.8 Å². The zero-order valence-corrected chi connectivity index (χ0v) is 11.9. The van der Waals surface area contributed by atoms with Crippen molar-refractivity contribution >= 4 is 11.7 Å². The van der Waals surface area contributed by atoms with Crippen LogP contribution in [0, 0.1) is 17.3 Å². The fraction of sp³-hybridized carbons (Fsp3) is 0.857. The summed E-state index contributed by atoms with van der Waals surface area (Å²) in [5.41, 5.74) is 5.79. The highest BCUT2D eigenvalue weighted by Gasteiger charge is 2.42. The van der Waals surface area contributed by atoms with Crippen LogP contribution in [0.5, 0.6) is 0 Å². The highest BCUT2D eigenvalue weighted by molar-refractivity contribution is 5.84. The molecule has 5 nitrogen and oxygen atoms in total. The van der Waals surface area contributed by atoms with Crippen molar-refractivity contribution in [2.24, 2.45) is 28.1 Å². The summed E-state index contributed by atoms with van der Waals surface area (Å²) in [6.07, 6.45) is 5.09. The van der Waals surface area contributed by atoms with Gasteiger partial charge in [0, 0.05) is 24.9 Å². The zero-order chi connectivity index (χ0) is 14.0. The molecule has 2 rings (SSSR count). The molecule has 1 amide bonds. The molecule has 2 aliphatic rings. The molecule has 2 atom stereocenters. The van der Waals surface area contributed by atoms with E-state index in [0.717, 1.165) is 38.6 Å². The van der Waals surface area contributed by atoms with E-state index in [4.69, 9.17) is 10.9 Å². The molecule has 2 unspecified atom stereocenters. The maximum Gasteiger partial charge on any atom is 0.226 e. The molecule has 0 aromatic heterocycles. The molecule has 0 radical (unpaired) electrons. The van der Waals surface area contributed by atoms with E-state index in [1.54, 1.807) is 0 Å². The summed E-state index contributed by atoms with van der Waals surface area (Å²) in [6, 6.07) is 0. The van der Waals surface area contributed by atoms with Gasteiger partial charge in [0.2, 0.25) is 5.91 Å². The van der Waals surface area contributed by atoms with Gasteiger partial charge in [-0.05, 0) is 31.1 Å². The van der Waals surface area contributed by atoms with E-state index in [0.29, 0.717) is 6.54 Å². The van der Waals surface area contributed by atoms with Crippen molar-refractivity contribution in [3.05, 3.63) is 0 Å². The summed E-state index contributed by atoms with van der Waals surface area (Å²) in [5.74, 6) is 0.659. The third kappa shape index (κ3) is 2.85. The highest BCUT2D eigenvalue weighted by Crippen LogP contribution is 2.43. The van der Waals surface area contributed by atoms with E-state index in [-0.39, 0.29) is 29.0 Å². The number of nitrogens with zero attached hydrogens (tertiary/aromatic N) is 2. The van der Waals surface area contributed by atoms with Crippen molar-refractivity contribution in [2.45, 2.75) is 46.0 Å². The molecule has 2 fully saturated rings. The first-order chi connectivity index (χ1) is 8.95. The Kier molecular flexibility index (Phi) is 4.02. The SMILES string of the molecule is CC1(C)CCCC1C(=O)N1CCCC(C(N)=NO)C1. The minimum atomic E-state index is 0.00668. The van der Waals surface area contributed by atoms with E-state index in [9.17, 15) is 4.79 Å². The lowest BCUT2D eigenvalue weighted by Gasteiger charge is -2.36. The number of rotatable bonds is 2. The monoisotopic (exact) mass is 267 g/mol. The first kappa shape index (κ1) is 14.2. The number of hydrogen-bond acceptors (Lipinski definition) is 3. The van der Waals surface area contributed by atoms with Gasteiger partial charge in [0.1, 0.15) is 5.84 Å². The summed E-state index contributed by atoms with van der Waals surface area (Å²) >= 11 is 0. The number of likely N-dealkylation sites (tertiary alicyclic amines) is 1. The molecule has 1 aliphatic heterocycles. The Morgan fingerprint density at radius 2 is 2.11 bits per heavy atom. The Bertz CT molecular complexity index is 379. The molecular weight excluding hydrogens is 242 g/mol. The number of carbonyl (C=O) groups excluding carboxylic acids is 1. The van der Waals surface area contributed by atoms with Crippen LogP contribution in [0.25, 0.3) is 0 Å². The smallest absolute Gasteiger partial charge is 0.226 e. The average molecular weight is 267 g/mol. The minimum Gasteiger partial charge on any atom is -0.409 e. The van der Waals surface area contributed by atoms with Crippen LogP contribution in [0.2, 0.25) is 0 Å². The lowest BCUT2D eigenvalue weighted by atomic mass is 9.80. The van der Waals surface area contributed by atoms with Gasteiger partial charge in [-0.1, -0.05) is 25.4 Å². The number of nitrogens with two attached hydrogens (primary N) is 1. The minimum absolute atomic E-state index is 0.00668. The molecule has 0 spiro atoms. The van der Waals surface area contributed by atoms with Gasteiger partial charge in [-0.15, -0.1) is 0 Å². The molecule has 0 aromatic carbocycles. The Morgan fingerprint density at radius 3 is 2.68 bits per heavy atom. The predicted octanol–water partition coefficient (Wildman–Crippen LogP) is 1.80. The fourth-order valence-electron chi connectivity index (χ4n) is 3.51. The highest BCUT2D eigenvalue weighted by atomic mass is 16.4. The van der Waals surface area contributed by atoms with Gasteiger partial charge in [-0.2, -0.15) is 0 Å². The second-order valence-corrected chi connectivity index (χ2v) is 6.58. The predicted molar refractivity (Wildman–Crippen MR) is 73.8 cm³/mol. The molecule has 5 heteroatoms. The summed E-state index contributed by atoms with van der Waals surface area (Å²) in [6.45, 7) is 5.78. The first-order valence-corrected chi connectivity index (χ1v) is 7.22. The standard InChI is InChI=1S/C14H25N3O2/c1-14(2)7-3-6-11(14)13(18)17-8-4-5-10(9-17)12(15)16-19/h10-11,19H,3-9H2,1-2H3,(H2,15,16). The summed E-state index contributed by atoms with van der Waals surface area (Å²) in [5, 5.41) is 11.9. The van der Waals surface area contributed by atoms with E-state index in [1.807, 2.05) is 4.90 Å². The Morgan fingerprint density at radius 1 is 1.37 bits per heavy atom. The van der Waals surface area contributed by atoms with Crippen molar-refractivity contribution in [1.29, 1.82) is 0 Å². The number of hydrogen-bond donors (Lipinski definition) is 2. The number of piperidine rings is 1. The van der Waals surface area contributed by atoms with Gasteiger partial charge in [-0.3, -0.25) is 4.79 Å². The van der Waals surface area contributed by atoms with Crippen LogP contribution in [-0.2, 0) is 4.79 Å². The summed E-state index contributed by atoms with van der Waals surface area (Å²) in [4.78, 5) is 14.6. The molecule has 1 heterocycles. The van der Waals surface area contributed by atoms with E-state index < -0.39 is 0 Å². The number of amides is 1. The van der Waals surface area contributed by atoms with Crippen LogP contribution in [0.3, 0.4) is 0 Å². The average Bonchev–Trinajstić information content (AvgIpc) is 2.76. The van der Waals surface area contributed by atoms with E-state index in [2.05, 4.69) is 19.0 Å². The van der Waals surface area contributed by atoms with Gasteiger partial charge in [-0.25, -0.2) is 0 Å². The van der Waals surface area contributed by atoms with E-state index in [1.165, 1.54) is 0 Å². The third-order valence-corrected chi connectivity index (χ3v) is 4.82. The second kappa shape index (κ2) is 5.39. The van der Waals surface area contributed by atoms with Gasteiger partial charge in [0.25, 0.3) is 0 Å². The van der Waals surface area contributed by atoms with Crippen molar-refractivity contribution in [1.82, 2.24) is 4.90 Å². The summed E-state index contributed by atoms with van der Waals surface area (Å²) in [7, 11) is 0. The molecule has 1 saturated carbocycles. The third-order valence-electron chi connectivity index (χ3n) is 4.82. The van der Waals surface area contributed by atoms with Crippen molar-refractivity contribution < 1.29 is 10.0 Å². The molecule has 1 aliphatic carbocycles. The van der Waals surface area contributed by atoms with Crippen molar-refractivity contribution in [3.63, 3.8) is 0 Å². The normalized spacial score (nSPS) is 31.5. The van der Waals surface area contributed by atoms with Gasteiger partial charge >= 0.3 is 0 Å². The molecule has 0 bridgehead atoms. The molecule has 0 aromatic rings. The number of carbonyl (C=O) groups is 1. The Labute approximate surface area is 114 Å². The topological polar surface area (TPSA) is 78.9 Å². The lowest BCUT2D eigenvalue weighted by molar-refractivity contribution is -0.139. The fourth-order valence-corrected chi connectivity index (χ4v) is 3.51. The maximum absolute atomic E-state index is 12.7. The molecule has 19 heavy (non-hydrogen) atoms. The molecular formula is C14H25N3O2. The second-order valence-electron chi connectivity index (χ2n) is 6.58. The number of amidine groups is 1. The quantitative estimate of drug-likeness (QED) is 0.346. The molecule has 3 N–H and O–H groups in total. The molecule has 108 valence electrons. The maximum atomic E-state index is 12.7. The first-order valence-electron chi connectivity index (χ1n) is 7.22. The Balaban J connectivity index is 2.03. The van der Waals surface area contributed by atoms with Crippen LogP contribution in [0.4, 0.5) is 0 Å². The lowest BCUT2D eigenvalue weighted by Crippen LogP contribution is -2.47. The summed E-state index contributed by atoms with van der Waals surface area (Å²) < 4.78 is 0. The van der Waals surface area contributed by atoms with Gasteiger partial charge in [0.15, 0.2) is 0 Å². The Hall–Kier alpha value is -1.26. The van der Waals surface area contributed by atoms with E-state index >= 15 is 0 Å². The van der Waals surface area contributed by atoms with Crippen LogP contribution in [0.1, 0.15) is 46.0 Å². The molecule has 1 saturated heterocycles. The van der Waals surface area contributed by atoms with Crippen LogP contribution < -0.4 is 5.73 Å². The van der Waals surface area contributed by atoms with Crippen LogP contribution in [-0.4, -0.2) is 34.9 Å². The zero-order valence-electron chi connectivity index (χ0n) is 11.9. The largest absolute Gasteiger partial charge is 0.409 e. The van der Waals surface area contributed by atoms with Crippen molar-refractivity contribution in [3.8, 4) is 0 Å².